The standard InChI is InChI=1S/C21H38O16/c1-2-3-32-20-17(31)18(37-21-16(30)14(28)11(25)8(5-23)35-21)12(26)9(36-20)6-33-19-15(29)13(27)10(24)7(4-22)34-19/h7-31H,2-6H2,1H3/t7-,8-,9-,10-,11-,12-,13+,14+,15+,16+,17+,18+,19+,20+,21-/m1/s1. The van der Waals surface area contributed by atoms with E-state index in [1.165, 1.54) is 0 Å². The zero-order valence-electron chi connectivity index (χ0n) is 20.1. The molecule has 0 saturated carbocycles. The Bertz CT molecular complexity index is 683. The smallest absolute Gasteiger partial charge is 0.187 e. The highest BCUT2D eigenvalue weighted by molar-refractivity contribution is 4.95. The number of hydrogen-bond donors (Lipinski definition) is 10. The molecule has 3 aliphatic rings. The van der Waals surface area contributed by atoms with Crippen LogP contribution in [0.15, 0.2) is 0 Å². The van der Waals surface area contributed by atoms with Crippen molar-refractivity contribution in [2.24, 2.45) is 0 Å². The molecular formula is C21H38O16. The normalized spacial score (nSPS) is 49.2. The van der Waals surface area contributed by atoms with Gasteiger partial charge in [-0.2, -0.15) is 0 Å². The van der Waals surface area contributed by atoms with E-state index in [1.54, 1.807) is 6.92 Å². The van der Waals surface area contributed by atoms with Gasteiger partial charge in [0.05, 0.1) is 19.8 Å². The SMILES string of the molecule is CCCO[C@H]1O[C@H](CO[C@H]2O[C@H](CO)[C@@H](O)[C@H](O)[C@@H]2O)[C@@H](O)[C@H](O[C@H]2O[C@H](CO)[C@@H](O)[C@H](O)[C@@H]2O)[C@@H]1O. The molecular weight excluding hydrogens is 508 g/mol. The molecule has 0 aliphatic carbocycles. The van der Waals surface area contributed by atoms with E-state index in [4.69, 9.17) is 28.4 Å². The summed E-state index contributed by atoms with van der Waals surface area (Å²) in [5.41, 5.74) is 0. The summed E-state index contributed by atoms with van der Waals surface area (Å²) in [6.45, 7) is 0.0245. The third kappa shape index (κ3) is 6.75. The van der Waals surface area contributed by atoms with Gasteiger partial charge in [0.2, 0.25) is 0 Å². The lowest BCUT2D eigenvalue weighted by molar-refractivity contribution is -0.366. The average molecular weight is 547 g/mol. The molecule has 3 fully saturated rings. The molecule has 0 radical (unpaired) electrons. The van der Waals surface area contributed by atoms with Crippen LogP contribution in [0.2, 0.25) is 0 Å². The number of ether oxygens (including phenoxy) is 6. The zero-order valence-corrected chi connectivity index (χ0v) is 20.1. The van der Waals surface area contributed by atoms with Crippen LogP contribution in [-0.2, 0) is 28.4 Å². The molecule has 15 atom stereocenters. The maximum Gasteiger partial charge on any atom is 0.187 e. The molecule has 3 saturated heterocycles. The fourth-order valence-electron chi connectivity index (χ4n) is 4.30. The summed E-state index contributed by atoms with van der Waals surface area (Å²) in [5.74, 6) is 0. The highest BCUT2D eigenvalue weighted by Crippen LogP contribution is 2.31. The summed E-state index contributed by atoms with van der Waals surface area (Å²) >= 11 is 0. The Morgan fingerprint density at radius 3 is 1.57 bits per heavy atom. The molecule has 0 bridgehead atoms. The van der Waals surface area contributed by atoms with Crippen LogP contribution in [0.3, 0.4) is 0 Å². The highest BCUT2D eigenvalue weighted by atomic mass is 16.7. The van der Waals surface area contributed by atoms with Gasteiger partial charge in [0.25, 0.3) is 0 Å². The molecule has 37 heavy (non-hydrogen) atoms. The van der Waals surface area contributed by atoms with E-state index in [0.717, 1.165) is 0 Å². The first-order chi connectivity index (χ1) is 17.5. The van der Waals surface area contributed by atoms with Crippen LogP contribution in [-0.4, -0.2) is 170 Å². The summed E-state index contributed by atoms with van der Waals surface area (Å²) < 4.78 is 32.7. The van der Waals surface area contributed by atoms with Crippen LogP contribution in [0.1, 0.15) is 13.3 Å². The Hall–Kier alpha value is -0.640. The second-order valence-electron chi connectivity index (χ2n) is 9.22. The molecule has 0 aromatic rings. The third-order valence-electron chi connectivity index (χ3n) is 6.54. The number of aliphatic hydroxyl groups excluding tert-OH is 10. The quantitative estimate of drug-likeness (QED) is 0.122. The van der Waals surface area contributed by atoms with Gasteiger partial charge < -0.3 is 79.5 Å². The van der Waals surface area contributed by atoms with Gasteiger partial charge in [-0.3, -0.25) is 0 Å². The fourth-order valence-corrected chi connectivity index (χ4v) is 4.30. The van der Waals surface area contributed by atoms with Gasteiger partial charge in [-0.15, -0.1) is 0 Å². The van der Waals surface area contributed by atoms with Gasteiger partial charge >= 0.3 is 0 Å². The summed E-state index contributed by atoms with van der Waals surface area (Å²) in [6, 6.07) is 0. The van der Waals surface area contributed by atoms with E-state index in [1.807, 2.05) is 0 Å². The largest absolute Gasteiger partial charge is 0.394 e. The molecule has 10 N–H and O–H groups in total. The molecule has 218 valence electrons. The predicted molar refractivity (Wildman–Crippen MR) is 115 cm³/mol. The van der Waals surface area contributed by atoms with Gasteiger partial charge in [0, 0.05) is 6.61 Å². The van der Waals surface area contributed by atoms with E-state index < -0.39 is 112 Å². The van der Waals surface area contributed by atoms with Crippen molar-refractivity contribution in [3.63, 3.8) is 0 Å². The van der Waals surface area contributed by atoms with Crippen molar-refractivity contribution in [3.8, 4) is 0 Å². The van der Waals surface area contributed by atoms with Crippen molar-refractivity contribution in [1.82, 2.24) is 0 Å². The van der Waals surface area contributed by atoms with E-state index in [9.17, 15) is 51.1 Å². The van der Waals surface area contributed by atoms with Gasteiger partial charge in [-0.25, -0.2) is 0 Å². The van der Waals surface area contributed by atoms with Crippen molar-refractivity contribution in [3.05, 3.63) is 0 Å². The van der Waals surface area contributed by atoms with Crippen molar-refractivity contribution in [2.75, 3.05) is 26.4 Å². The van der Waals surface area contributed by atoms with Gasteiger partial charge in [-0.05, 0) is 6.42 Å². The van der Waals surface area contributed by atoms with Crippen molar-refractivity contribution >= 4 is 0 Å². The Balaban J connectivity index is 1.73. The van der Waals surface area contributed by atoms with Crippen LogP contribution >= 0.6 is 0 Å². The van der Waals surface area contributed by atoms with Crippen LogP contribution in [0.25, 0.3) is 0 Å². The first-order valence-electron chi connectivity index (χ1n) is 12.1. The minimum atomic E-state index is -1.81. The summed E-state index contributed by atoms with van der Waals surface area (Å²) in [5, 5.41) is 101. The molecule has 0 spiro atoms. The molecule has 0 aromatic carbocycles. The van der Waals surface area contributed by atoms with E-state index >= 15 is 0 Å². The molecule has 3 heterocycles. The van der Waals surface area contributed by atoms with Gasteiger partial charge in [-0.1, -0.05) is 6.92 Å². The monoisotopic (exact) mass is 546 g/mol. The van der Waals surface area contributed by atoms with E-state index in [-0.39, 0.29) is 6.61 Å². The summed E-state index contributed by atoms with van der Waals surface area (Å²) in [6.07, 6.45) is -22.9. The minimum absolute atomic E-state index is 0.144. The lowest BCUT2D eigenvalue weighted by Crippen LogP contribution is -2.65. The molecule has 16 heteroatoms. The Morgan fingerprint density at radius 1 is 0.541 bits per heavy atom. The highest BCUT2D eigenvalue weighted by Gasteiger charge is 2.52. The maximum atomic E-state index is 10.9. The topological polar surface area (TPSA) is 258 Å². The van der Waals surface area contributed by atoms with E-state index in [2.05, 4.69) is 0 Å². The summed E-state index contributed by atoms with van der Waals surface area (Å²) in [7, 11) is 0. The predicted octanol–water partition coefficient (Wildman–Crippen LogP) is -6.14. The Kier molecular flexibility index (Phi) is 11.4. The lowest BCUT2D eigenvalue weighted by Gasteiger charge is -2.46. The fraction of sp³-hybridized carbons (Fsp3) is 1.00. The second-order valence-corrected chi connectivity index (χ2v) is 9.22. The van der Waals surface area contributed by atoms with Crippen LogP contribution in [0.5, 0.6) is 0 Å². The molecule has 0 amide bonds. The van der Waals surface area contributed by atoms with Crippen LogP contribution in [0.4, 0.5) is 0 Å². The van der Waals surface area contributed by atoms with Crippen LogP contribution < -0.4 is 0 Å². The molecule has 0 unspecified atom stereocenters. The van der Waals surface area contributed by atoms with E-state index in [0.29, 0.717) is 6.42 Å². The van der Waals surface area contributed by atoms with Gasteiger partial charge in [0.1, 0.15) is 73.2 Å². The van der Waals surface area contributed by atoms with Crippen molar-refractivity contribution in [2.45, 2.75) is 105 Å². The molecule has 3 rings (SSSR count). The Morgan fingerprint density at radius 2 is 1.03 bits per heavy atom. The first kappa shape index (κ1) is 30.9. The average Bonchev–Trinajstić information content (AvgIpc) is 2.89. The molecule has 3 aliphatic heterocycles. The van der Waals surface area contributed by atoms with Crippen molar-refractivity contribution < 1.29 is 79.5 Å². The third-order valence-corrected chi connectivity index (χ3v) is 6.54. The lowest BCUT2D eigenvalue weighted by atomic mass is 9.96. The van der Waals surface area contributed by atoms with Crippen molar-refractivity contribution in [1.29, 1.82) is 0 Å². The van der Waals surface area contributed by atoms with Crippen LogP contribution in [0, 0.1) is 0 Å². The first-order valence-corrected chi connectivity index (χ1v) is 12.1. The maximum absolute atomic E-state index is 10.9. The summed E-state index contributed by atoms with van der Waals surface area (Å²) in [4.78, 5) is 0. The van der Waals surface area contributed by atoms with Gasteiger partial charge in [0.15, 0.2) is 18.9 Å². The number of rotatable bonds is 10. The molecule has 16 nitrogen and oxygen atoms in total. The zero-order chi connectivity index (χ0) is 27.4. The minimum Gasteiger partial charge on any atom is -0.394 e. The Labute approximate surface area is 212 Å². The number of aliphatic hydroxyl groups is 10. The second kappa shape index (κ2) is 13.6. The number of hydrogen-bond acceptors (Lipinski definition) is 16. The molecule has 0 aromatic heterocycles.